The van der Waals surface area contributed by atoms with Gasteiger partial charge < -0.3 is 25.4 Å². The van der Waals surface area contributed by atoms with E-state index in [0.29, 0.717) is 36.4 Å². The summed E-state index contributed by atoms with van der Waals surface area (Å²) in [5, 5.41) is 27.5. The van der Waals surface area contributed by atoms with Gasteiger partial charge in [-0.15, -0.1) is 0 Å². The van der Waals surface area contributed by atoms with E-state index in [1.807, 2.05) is 36.4 Å². The Kier molecular flexibility index (Phi) is 7.36. The van der Waals surface area contributed by atoms with E-state index in [1.54, 1.807) is 17.8 Å². The van der Waals surface area contributed by atoms with Crippen molar-refractivity contribution in [1.29, 1.82) is 0 Å². The van der Waals surface area contributed by atoms with Gasteiger partial charge in [-0.05, 0) is 29.1 Å². The Morgan fingerprint density at radius 2 is 1.70 bits per heavy atom. The Hall–Kier alpha value is -3.53. The van der Waals surface area contributed by atoms with E-state index in [9.17, 15) is 15.0 Å². The molecular weight excluding hydrogens is 492 g/mol. The molecule has 0 aliphatic heterocycles. The summed E-state index contributed by atoms with van der Waals surface area (Å²) in [6.07, 6.45) is -0.0237. The van der Waals surface area contributed by atoms with Crippen LogP contribution in [0.3, 0.4) is 0 Å². The van der Waals surface area contributed by atoms with E-state index in [2.05, 4.69) is 49.9 Å². The van der Waals surface area contributed by atoms with E-state index in [4.69, 9.17) is 11.6 Å². The molecule has 0 radical (unpaired) electrons. The predicted octanol–water partition coefficient (Wildman–Crippen LogP) is 3.29. The summed E-state index contributed by atoms with van der Waals surface area (Å²) in [5.41, 5.74) is 3.27. The zero-order valence-electron chi connectivity index (χ0n) is 20.3. The smallest absolute Gasteiger partial charge is 0.226 e. The van der Waals surface area contributed by atoms with Gasteiger partial charge in [0.05, 0.1) is 18.4 Å². The average Bonchev–Trinajstić information content (AvgIpc) is 3.46. The molecule has 4 aromatic rings. The fourth-order valence-corrected chi connectivity index (χ4v) is 5.15. The van der Waals surface area contributed by atoms with Crippen LogP contribution in [-0.2, 0) is 4.79 Å². The quantitative estimate of drug-likeness (QED) is 0.263. The molecule has 0 saturated heterocycles. The summed E-state index contributed by atoms with van der Waals surface area (Å²) in [6, 6.07) is 19.3. The Morgan fingerprint density at radius 3 is 2.32 bits per heavy atom. The van der Waals surface area contributed by atoms with Crippen molar-refractivity contribution in [2.24, 2.45) is 0 Å². The lowest BCUT2D eigenvalue weighted by atomic mass is 9.91. The van der Waals surface area contributed by atoms with Crippen LogP contribution < -0.4 is 10.6 Å². The molecule has 1 aliphatic carbocycles. The summed E-state index contributed by atoms with van der Waals surface area (Å²) >= 11 is 6.32. The van der Waals surface area contributed by atoms with E-state index in [-0.39, 0.29) is 17.1 Å². The molecule has 9 nitrogen and oxygen atoms in total. The molecule has 2 aromatic carbocycles. The molecule has 1 fully saturated rings. The number of hydrogen-bond donors (Lipinski definition) is 4. The number of halogens is 1. The second-order valence-corrected chi connectivity index (χ2v) is 9.57. The van der Waals surface area contributed by atoms with Crippen LogP contribution in [0.4, 0.5) is 5.82 Å². The van der Waals surface area contributed by atoms with Crippen molar-refractivity contribution in [3.8, 4) is 0 Å². The van der Waals surface area contributed by atoms with Crippen molar-refractivity contribution >= 4 is 34.5 Å². The number of anilines is 1. The Bertz CT molecular complexity index is 1330. The molecule has 0 bridgehead atoms. The maximum Gasteiger partial charge on any atom is 0.226 e. The lowest BCUT2D eigenvalue weighted by Crippen LogP contribution is -2.42. The van der Waals surface area contributed by atoms with E-state index in [1.165, 1.54) is 0 Å². The van der Waals surface area contributed by atoms with Crippen LogP contribution in [0.25, 0.3) is 11.2 Å². The molecular formula is C27H29ClN6O3. The van der Waals surface area contributed by atoms with Gasteiger partial charge in [-0.2, -0.15) is 9.97 Å². The first-order valence-electron chi connectivity index (χ1n) is 12.4. The van der Waals surface area contributed by atoms with Gasteiger partial charge in [0.15, 0.2) is 17.0 Å². The van der Waals surface area contributed by atoms with Crippen molar-refractivity contribution in [2.75, 3.05) is 11.9 Å². The monoisotopic (exact) mass is 520 g/mol. The third-order valence-electron chi connectivity index (χ3n) is 6.95. The predicted molar refractivity (Wildman–Crippen MR) is 141 cm³/mol. The number of carbonyl (C=O) groups is 1. The zero-order valence-corrected chi connectivity index (χ0v) is 21.1. The fourth-order valence-electron chi connectivity index (χ4n) is 4.99. The molecule has 4 atom stereocenters. The molecule has 37 heavy (non-hydrogen) atoms. The first-order valence-corrected chi connectivity index (χ1v) is 12.7. The number of rotatable bonds is 8. The lowest BCUT2D eigenvalue weighted by Gasteiger charge is -2.20. The molecule has 4 N–H and O–H groups in total. The average molecular weight is 521 g/mol. The number of nitrogens with one attached hydrogen (secondary N) is 2. The molecule has 2 aromatic heterocycles. The number of imidazole rings is 1. The minimum Gasteiger partial charge on any atom is -0.388 e. The van der Waals surface area contributed by atoms with Crippen LogP contribution >= 0.6 is 11.6 Å². The summed E-state index contributed by atoms with van der Waals surface area (Å²) in [6.45, 7) is 2.28. The number of amides is 1. The van der Waals surface area contributed by atoms with Crippen molar-refractivity contribution in [3.63, 3.8) is 0 Å². The maximum absolute atomic E-state index is 11.9. The van der Waals surface area contributed by atoms with Gasteiger partial charge in [-0.1, -0.05) is 67.6 Å². The largest absolute Gasteiger partial charge is 0.388 e. The number of nitrogens with zero attached hydrogens (tertiary/aromatic N) is 4. The maximum atomic E-state index is 11.9. The first kappa shape index (κ1) is 25.1. The van der Waals surface area contributed by atoms with E-state index in [0.717, 1.165) is 11.1 Å². The van der Waals surface area contributed by atoms with Crippen LogP contribution in [-0.4, -0.2) is 60.4 Å². The van der Waals surface area contributed by atoms with Crippen LogP contribution in [0, 0.1) is 0 Å². The SMILES string of the molecule is CCC(=O)N[C@H]1C[C@@H](n2cnc3c(NCC(c4ccccc4)c4ccccc4)nc(Cl)nc32)C(O)C1O. The molecule has 5 rings (SSSR count). The van der Waals surface area contributed by atoms with Gasteiger partial charge in [0.2, 0.25) is 11.2 Å². The van der Waals surface area contributed by atoms with Gasteiger partial charge in [-0.25, -0.2) is 4.98 Å². The summed E-state index contributed by atoms with van der Waals surface area (Å²) in [7, 11) is 0. The molecule has 2 heterocycles. The van der Waals surface area contributed by atoms with Gasteiger partial charge in [-0.3, -0.25) is 4.79 Å². The Morgan fingerprint density at radius 1 is 1.05 bits per heavy atom. The van der Waals surface area contributed by atoms with Gasteiger partial charge >= 0.3 is 0 Å². The third kappa shape index (κ3) is 5.16. The summed E-state index contributed by atoms with van der Waals surface area (Å²) in [5.74, 6) is 0.355. The molecule has 1 aliphatic rings. The minimum atomic E-state index is -1.11. The van der Waals surface area contributed by atoms with Crippen molar-refractivity contribution in [3.05, 3.63) is 83.4 Å². The Balaban J connectivity index is 1.43. The number of aliphatic hydroxyl groups excluding tert-OH is 2. The van der Waals surface area contributed by atoms with Crippen LogP contribution in [0.2, 0.25) is 5.28 Å². The number of hydrogen-bond acceptors (Lipinski definition) is 7. The third-order valence-corrected chi connectivity index (χ3v) is 7.12. The normalized spacial score (nSPS) is 21.4. The van der Waals surface area contributed by atoms with Crippen LogP contribution in [0.1, 0.15) is 42.9 Å². The lowest BCUT2D eigenvalue weighted by molar-refractivity contribution is -0.122. The van der Waals surface area contributed by atoms with Crippen molar-refractivity contribution < 1.29 is 15.0 Å². The highest BCUT2D eigenvalue weighted by Gasteiger charge is 2.43. The van der Waals surface area contributed by atoms with Gasteiger partial charge in [0.1, 0.15) is 12.2 Å². The molecule has 1 saturated carbocycles. The highest BCUT2D eigenvalue weighted by molar-refractivity contribution is 6.28. The fraction of sp³-hybridized carbons (Fsp3) is 0.333. The molecule has 1 amide bonds. The standard InChI is InChI=1S/C27H29ClN6O3/c1-2-21(35)31-19-13-20(24(37)23(19)36)34-15-30-22-25(32-27(28)33-26(22)34)29-14-18(16-9-5-3-6-10-16)17-11-7-4-8-12-17/h3-12,15,18-20,23-24,36-37H,2,13-14H2,1H3,(H,31,35)(H,29,32,33)/t19-,20+,23?,24?/m0/s1. The zero-order chi connectivity index (χ0) is 25.9. The second-order valence-electron chi connectivity index (χ2n) is 9.23. The first-order chi connectivity index (χ1) is 18.0. The molecule has 10 heteroatoms. The van der Waals surface area contributed by atoms with Crippen molar-refractivity contribution in [1.82, 2.24) is 24.8 Å². The number of fused-ring (bicyclic) bond motifs is 1. The summed E-state index contributed by atoms with van der Waals surface area (Å²) < 4.78 is 1.70. The molecule has 2 unspecified atom stereocenters. The topological polar surface area (TPSA) is 125 Å². The van der Waals surface area contributed by atoms with Gasteiger partial charge in [0.25, 0.3) is 0 Å². The van der Waals surface area contributed by atoms with Gasteiger partial charge in [0, 0.05) is 18.9 Å². The highest BCUT2D eigenvalue weighted by atomic mass is 35.5. The molecule has 192 valence electrons. The van der Waals surface area contributed by atoms with Crippen molar-refractivity contribution in [2.45, 2.75) is 50.0 Å². The molecule has 0 spiro atoms. The number of aromatic nitrogens is 4. The Labute approximate surface area is 219 Å². The van der Waals surface area contributed by atoms with Crippen LogP contribution in [0.15, 0.2) is 67.0 Å². The second kappa shape index (κ2) is 10.8. The summed E-state index contributed by atoms with van der Waals surface area (Å²) in [4.78, 5) is 25.2. The van der Waals surface area contributed by atoms with Crippen LogP contribution in [0.5, 0.6) is 0 Å². The van der Waals surface area contributed by atoms with E-state index < -0.39 is 24.3 Å². The number of aliphatic hydroxyl groups is 2. The van der Waals surface area contributed by atoms with E-state index >= 15 is 0 Å². The minimum absolute atomic E-state index is 0.0385. The number of benzene rings is 2. The number of carbonyl (C=O) groups excluding carboxylic acids is 1. The highest BCUT2D eigenvalue weighted by Crippen LogP contribution is 2.35.